The van der Waals surface area contributed by atoms with Crippen LogP contribution in [0.5, 0.6) is 11.5 Å². The Morgan fingerprint density at radius 1 is 1.07 bits per heavy atom. The first-order valence-electron chi connectivity index (χ1n) is 9.32. The Bertz CT molecular complexity index is 835. The van der Waals surface area contributed by atoms with Crippen LogP contribution in [0.4, 0.5) is 10.5 Å². The lowest BCUT2D eigenvalue weighted by atomic mass is 9.96. The number of carbonyl (C=O) groups excluding carboxylic acids is 2. The number of ether oxygens (including phenoxy) is 2. The van der Waals surface area contributed by atoms with Crippen LogP contribution in [-0.2, 0) is 9.53 Å². The predicted octanol–water partition coefficient (Wildman–Crippen LogP) is 4.94. The molecule has 1 saturated heterocycles. The number of amides is 2. The van der Waals surface area contributed by atoms with Crippen molar-refractivity contribution < 1.29 is 19.1 Å². The summed E-state index contributed by atoms with van der Waals surface area (Å²) in [7, 11) is 0. The van der Waals surface area contributed by atoms with Gasteiger partial charge in [-0.05, 0) is 44.0 Å². The summed E-state index contributed by atoms with van der Waals surface area (Å²) in [6, 6.07) is 14.4. The quantitative estimate of drug-likeness (QED) is 0.769. The lowest BCUT2D eigenvalue weighted by Crippen LogP contribution is -2.41. The van der Waals surface area contributed by atoms with Gasteiger partial charge in [0.25, 0.3) is 0 Å². The third-order valence-electron chi connectivity index (χ3n) is 4.59. The van der Waals surface area contributed by atoms with Crippen LogP contribution in [0, 0.1) is 5.92 Å². The van der Waals surface area contributed by atoms with Gasteiger partial charge in [0.2, 0.25) is 5.91 Å². The van der Waals surface area contributed by atoms with E-state index in [4.69, 9.17) is 21.1 Å². The Morgan fingerprint density at radius 3 is 2.39 bits per heavy atom. The molecule has 2 aromatic rings. The lowest BCUT2D eigenvalue weighted by molar-refractivity contribution is -0.121. The average Bonchev–Trinajstić information content (AvgIpc) is 2.71. The second-order valence-electron chi connectivity index (χ2n) is 6.48. The van der Waals surface area contributed by atoms with Crippen LogP contribution >= 0.6 is 11.6 Å². The van der Waals surface area contributed by atoms with Gasteiger partial charge in [-0.25, -0.2) is 4.79 Å². The fraction of sp³-hybridized carbons (Fsp3) is 0.333. The summed E-state index contributed by atoms with van der Waals surface area (Å²) in [6.07, 6.45) is 0.871. The van der Waals surface area contributed by atoms with Crippen molar-refractivity contribution in [1.29, 1.82) is 0 Å². The highest BCUT2D eigenvalue weighted by Gasteiger charge is 2.28. The Balaban J connectivity index is 1.62. The molecule has 0 atom stereocenters. The van der Waals surface area contributed by atoms with Crippen LogP contribution in [0.3, 0.4) is 0 Å². The van der Waals surface area contributed by atoms with Gasteiger partial charge in [0.1, 0.15) is 5.75 Å². The van der Waals surface area contributed by atoms with Crippen LogP contribution in [0.1, 0.15) is 19.8 Å². The van der Waals surface area contributed by atoms with Gasteiger partial charge < -0.3 is 19.7 Å². The maximum absolute atomic E-state index is 12.7. The molecule has 1 fully saturated rings. The molecule has 1 N–H and O–H groups in total. The molecule has 3 rings (SSSR count). The van der Waals surface area contributed by atoms with Crippen molar-refractivity contribution >= 4 is 29.3 Å². The van der Waals surface area contributed by atoms with E-state index in [0.717, 1.165) is 0 Å². The Kier molecular flexibility index (Phi) is 6.76. The molecular weight excluding hydrogens is 380 g/mol. The normalized spacial score (nSPS) is 14.4. The largest absolute Gasteiger partial charge is 0.454 e. The molecule has 2 aromatic carbocycles. The highest BCUT2D eigenvalue weighted by Crippen LogP contribution is 2.34. The number of benzene rings is 2. The molecule has 0 unspecified atom stereocenters. The number of nitrogens with one attached hydrogen (secondary N) is 1. The van der Waals surface area contributed by atoms with Crippen molar-refractivity contribution in [2.24, 2.45) is 5.92 Å². The molecule has 6 nitrogen and oxygen atoms in total. The average molecular weight is 403 g/mol. The molecule has 1 heterocycles. The second kappa shape index (κ2) is 9.46. The summed E-state index contributed by atoms with van der Waals surface area (Å²) in [5.74, 6) is 0.791. The van der Waals surface area contributed by atoms with Crippen molar-refractivity contribution in [1.82, 2.24) is 4.90 Å². The molecule has 7 heteroatoms. The van der Waals surface area contributed by atoms with Gasteiger partial charge in [-0.15, -0.1) is 0 Å². The summed E-state index contributed by atoms with van der Waals surface area (Å²) in [4.78, 5) is 26.1. The van der Waals surface area contributed by atoms with Gasteiger partial charge >= 0.3 is 6.09 Å². The van der Waals surface area contributed by atoms with E-state index in [9.17, 15) is 9.59 Å². The van der Waals surface area contributed by atoms with E-state index in [0.29, 0.717) is 54.7 Å². The zero-order chi connectivity index (χ0) is 19.9. The lowest BCUT2D eigenvalue weighted by Gasteiger charge is -2.30. The number of halogens is 1. The number of anilines is 1. The Labute approximate surface area is 169 Å². The van der Waals surface area contributed by atoms with Gasteiger partial charge in [0.05, 0.1) is 17.3 Å². The van der Waals surface area contributed by atoms with Crippen LogP contribution in [0.15, 0.2) is 48.5 Å². The molecule has 1 aliphatic heterocycles. The first-order chi connectivity index (χ1) is 13.6. The summed E-state index contributed by atoms with van der Waals surface area (Å²) >= 11 is 6.16. The predicted molar refractivity (Wildman–Crippen MR) is 108 cm³/mol. The van der Waals surface area contributed by atoms with Crippen molar-refractivity contribution in [3.8, 4) is 11.5 Å². The van der Waals surface area contributed by atoms with Crippen molar-refractivity contribution in [3.05, 3.63) is 53.6 Å². The van der Waals surface area contributed by atoms with Crippen molar-refractivity contribution in [2.45, 2.75) is 19.8 Å². The third kappa shape index (κ3) is 4.95. The Hall–Kier alpha value is -2.73. The number of likely N-dealkylation sites (tertiary alicyclic amines) is 1. The summed E-state index contributed by atoms with van der Waals surface area (Å²) in [5.41, 5.74) is 0.584. The smallest absolute Gasteiger partial charge is 0.409 e. The number of hydrogen-bond acceptors (Lipinski definition) is 4. The molecule has 0 aliphatic carbocycles. The zero-order valence-electron chi connectivity index (χ0n) is 15.7. The monoisotopic (exact) mass is 402 g/mol. The molecule has 0 spiro atoms. The van der Waals surface area contributed by atoms with E-state index in [2.05, 4.69) is 5.32 Å². The van der Waals surface area contributed by atoms with Gasteiger partial charge in [0.15, 0.2) is 5.75 Å². The number of rotatable bonds is 5. The van der Waals surface area contributed by atoms with Gasteiger partial charge in [-0.1, -0.05) is 35.9 Å². The summed E-state index contributed by atoms with van der Waals surface area (Å²) in [6.45, 7) is 3.14. The minimum absolute atomic E-state index is 0.0845. The number of carbonyl (C=O) groups is 2. The van der Waals surface area contributed by atoms with Crippen LogP contribution < -0.4 is 10.1 Å². The van der Waals surface area contributed by atoms with Gasteiger partial charge in [-0.2, -0.15) is 0 Å². The molecule has 148 valence electrons. The summed E-state index contributed by atoms with van der Waals surface area (Å²) in [5, 5.41) is 3.44. The maximum atomic E-state index is 12.7. The van der Waals surface area contributed by atoms with Crippen molar-refractivity contribution in [2.75, 3.05) is 25.0 Å². The SMILES string of the molecule is CCOC(=O)N1CCC(C(=O)Nc2ccccc2Oc2ccccc2Cl)CC1. The van der Waals surface area contributed by atoms with E-state index >= 15 is 0 Å². The fourth-order valence-corrected chi connectivity index (χ4v) is 3.25. The van der Waals surface area contributed by atoms with Crippen molar-refractivity contribution in [3.63, 3.8) is 0 Å². The first kappa shape index (κ1) is 20.0. The van der Waals surface area contributed by atoms with Crippen LogP contribution in [0.25, 0.3) is 0 Å². The van der Waals surface area contributed by atoms with E-state index in [1.807, 2.05) is 24.3 Å². The standard InChI is InChI=1S/C21H23ClN2O4/c1-2-27-21(26)24-13-11-15(12-14-24)20(25)23-17-8-4-6-10-19(17)28-18-9-5-3-7-16(18)22/h3-10,15H,2,11-14H2,1H3,(H,23,25). The fourth-order valence-electron chi connectivity index (χ4n) is 3.08. The first-order valence-corrected chi connectivity index (χ1v) is 9.70. The molecule has 28 heavy (non-hydrogen) atoms. The molecule has 2 amide bonds. The highest BCUT2D eigenvalue weighted by molar-refractivity contribution is 6.32. The number of piperidine rings is 1. The summed E-state index contributed by atoms with van der Waals surface area (Å²) < 4.78 is 10.9. The van der Waals surface area contributed by atoms with Gasteiger partial charge in [0, 0.05) is 19.0 Å². The number of nitrogens with zero attached hydrogens (tertiary/aromatic N) is 1. The minimum atomic E-state index is -0.320. The third-order valence-corrected chi connectivity index (χ3v) is 4.91. The highest BCUT2D eigenvalue weighted by atomic mass is 35.5. The van der Waals surface area contributed by atoms with E-state index < -0.39 is 0 Å². The van der Waals surface area contributed by atoms with Crippen LogP contribution in [-0.4, -0.2) is 36.6 Å². The molecule has 0 aromatic heterocycles. The Morgan fingerprint density at radius 2 is 1.71 bits per heavy atom. The topological polar surface area (TPSA) is 67.9 Å². The van der Waals surface area contributed by atoms with Gasteiger partial charge in [-0.3, -0.25) is 4.79 Å². The van der Waals surface area contributed by atoms with E-state index in [-0.39, 0.29) is 17.9 Å². The number of hydrogen-bond donors (Lipinski definition) is 1. The number of para-hydroxylation sites is 3. The molecule has 0 saturated carbocycles. The minimum Gasteiger partial charge on any atom is -0.454 e. The zero-order valence-corrected chi connectivity index (χ0v) is 16.4. The molecular formula is C21H23ClN2O4. The molecule has 0 radical (unpaired) electrons. The molecule has 1 aliphatic rings. The maximum Gasteiger partial charge on any atom is 0.409 e. The van der Waals surface area contributed by atoms with Crippen LogP contribution in [0.2, 0.25) is 5.02 Å². The molecule has 0 bridgehead atoms. The van der Waals surface area contributed by atoms with E-state index in [1.54, 1.807) is 36.1 Å². The van der Waals surface area contributed by atoms with E-state index in [1.165, 1.54) is 0 Å². The second-order valence-corrected chi connectivity index (χ2v) is 6.89.